The fraction of sp³-hybridized carbons (Fsp3) is 0.909. The highest BCUT2D eigenvalue weighted by Gasteiger charge is 2.29. The van der Waals surface area contributed by atoms with E-state index >= 15 is 0 Å². The molecule has 6 heteroatoms. The minimum Gasteiger partial charge on any atom is -0.373 e. The van der Waals surface area contributed by atoms with Gasteiger partial charge in [0.15, 0.2) is 5.82 Å². The Balaban J connectivity index is 2.12. The maximum absolute atomic E-state index is 5.62. The maximum atomic E-state index is 5.62. The Morgan fingerprint density at radius 1 is 1.41 bits per heavy atom. The zero-order valence-corrected chi connectivity index (χ0v) is 10.4. The molecule has 1 unspecified atom stereocenters. The van der Waals surface area contributed by atoms with Crippen LogP contribution in [0.25, 0.3) is 0 Å². The highest BCUT2D eigenvalue weighted by molar-refractivity contribution is 4.93. The summed E-state index contributed by atoms with van der Waals surface area (Å²) in [4.78, 5) is 0. The van der Waals surface area contributed by atoms with Gasteiger partial charge in [0.2, 0.25) is 0 Å². The number of rotatable bonds is 5. The fourth-order valence-corrected chi connectivity index (χ4v) is 2.64. The first-order chi connectivity index (χ1) is 8.36. The van der Waals surface area contributed by atoms with E-state index in [4.69, 9.17) is 10.5 Å². The van der Waals surface area contributed by atoms with Crippen molar-refractivity contribution in [2.45, 2.75) is 44.8 Å². The average molecular weight is 239 g/mol. The standard InChI is InChI=1S/C11H21N5O/c1-17-10(9-5-3-2-4-6-9)11-13-14-15-16(11)8-7-12/h9-10H,2-8,12H2,1H3. The summed E-state index contributed by atoms with van der Waals surface area (Å²) in [5.41, 5.74) is 5.55. The molecule has 1 aromatic heterocycles. The molecule has 0 radical (unpaired) electrons. The van der Waals surface area contributed by atoms with Gasteiger partial charge in [-0.15, -0.1) is 5.10 Å². The first-order valence-corrected chi connectivity index (χ1v) is 6.35. The van der Waals surface area contributed by atoms with Crippen LogP contribution < -0.4 is 5.73 Å². The SMILES string of the molecule is COC(c1nnnn1CCN)C1CCCCC1. The second-order valence-corrected chi connectivity index (χ2v) is 4.60. The monoisotopic (exact) mass is 239 g/mol. The molecule has 2 rings (SSSR count). The zero-order chi connectivity index (χ0) is 12.1. The van der Waals surface area contributed by atoms with Crippen LogP contribution in [0.2, 0.25) is 0 Å². The van der Waals surface area contributed by atoms with Gasteiger partial charge in [0.25, 0.3) is 0 Å². The molecule has 6 nitrogen and oxygen atoms in total. The normalized spacial score (nSPS) is 19.4. The first-order valence-electron chi connectivity index (χ1n) is 6.35. The first kappa shape index (κ1) is 12.4. The van der Waals surface area contributed by atoms with Gasteiger partial charge >= 0.3 is 0 Å². The lowest BCUT2D eigenvalue weighted by Gasteiger charge is -2.28. The minimum absolute atomic E-state index is 0.0110. The lowest BCUT2D eigenvalue weighted by Crippen LogP contribution is -2.23. The summed E-state index contributed by atoms with van der Waals surface area (Å²) in [6.45, 7) is 1.19. The summed E-state index contributed by atoms with van der Waals surface area (Å²) in [6.07, 6.45) is 6.31. The lowest BCUT2D eigenvalue weighted by molar-refractivity contribution is 0.0255. The summed E-state index contributed by atoms with van der Waals surface area (Å²) in [5, 5.41) is 11.8. The van der Waals surface area contributed by atoms with E-state index in [1.807, 2.05) is 0 Å². The summed E-state index contributed by atoms with van der Waals surface area (Å²) in [5.74, 6) is 1.36. The average Bonchev–Trinajstić information content (AvgIpc) is 2.81. The van der Waals surface area contributed by atoms with E-state index in [0.29, 0.717) is 19.0 Å². The summed E-state index contributed by atoms with van der Waals surface area (Å²) >= 11 is 0. The van der Waals surface area contributed by atoms with Crippen LogP contribution in [-0.2, 0) is 11.3 Å². The van der Waals surface area contributed by atoms with E-state index in [1.165, 1.54) is 32.1 Å². The third kappa shape index (κ3) is 2.81. The molecule has 1 atom stereocenters. The topological polar surface area (TPSA) is 78.9 Å². The van der Waals surface area contributed by atoms with Crippen LogP contribution in [0.5, 0.6) is 0 Å². The van der Waals surface area contributed by atoms with Crippen molar-refractivity contribution in [2.75, 3.05) is 13.7 Å². The van der Waals surface area contributed by atoms with Gasteiger partial charge in [-0.05, 0) is 29.2 Å². The lowest BCUT2D eigenvalue weighted by atomic mass is 9.85. The molecule has 2 N–H and O–H groups in total. The maximum Gasteiger partial charge on any atom is 0.180 e. The summed E-state index contributed by atoms with van der Waals surface area (Å²) in [6, 6.07) is 0. The van der Waals surface area contributed by atoms with E-state index in [0.717, 1.165) is 5.82 Å². The van der Waals surface area contributed by atoms with Crippen molar-refractivity contribution in [1.82, 2.24) is 20.2 Å². The number of nitrogens with zero attached hydrogens (tertiary/aromatic N) is 4. The number of hydrogen-bond donors (Lipinski definition) is 1. The predicted molar refractivity (Wildman–Crippen MR) is 63.2 cm³/mol. The van der Waals surface area contributed by atoms with Crippen LogP contribution in [0, 0.1) is 5.92 Å². The van der Waals surface area contributed by atoms with Gasteiger partial charge < -0.3 is 10.5 Å². The van der Waals surface area contributed by atoms with Crippen molar-refractivity contribution < 1.29 is 4.74 Å². The van der Waals surface area contributed by atoms with Crippen molar-refractivity contribution in [2.24, 2.45) is 11.7 Å². The Labute approximate surface area is 102 Å². The Morgan fingerprint density at radius 3 is 2.82 bits per heavy atom. The molecule has 0 bridgehead atoms. The molecular formula is C11H21N5O. The second-order valence-electron chi connectivity index (χ2n) is 4.60. The van der Waals surface area contributed by atoms with Crippen LogP contribution in [0.1, 0.15) is 44.0 Å². The number of aromatic nitrogens is 4. The fourth-order valence-electron chi connectivity index (χ4n) is 2.64. The Bertz CT molecular complexity index is 334. The van der Waals surface area contributed by atoms with E-state index in [-0.39, 0.29) is 6.10 Å². The van der Waals surface area contributed by atoms with E-state index < -0.39 is 0 Å². The van der Waals surface area contributed by atoms with E-state index in [2.05, 4.69) is 15.5 Å². The second kappa shape index (κ2) is 6.07. The quantitative estimate of drug-likeness (QED) is 0.825. The number of methoxy groups -OCH3 is 1. The highest BCUT2D eigenvalue weighted by atomic mass is 16.5. The molecule has 1 aromatic rings. The molecule has 17 heavy (non-hydrogen) atoms. The van der Waals surface area contributed by atoms with Gasteiger partial charge in [-0.25, -0.2) is 4.68 Å². The van der Waals surface area contributed by atoms with Crippen LogP contribution >= 0.6 is 0 Å². The molecule has 96 valence electrons. The molecule has 0 aromatic carbocycles. The van der Waals surface area contributed by atoms with Crippen molar-refractivity contribution in [3.8, 4) is 0 Å². The van der Waals surface area contributed by atoms with Gasteiger partial charge in [0.1, 0.15) is 6.10 Å². The zero-order valence-electron chi connectivity index (χ0n) is 10.4. The predicted octanol–water partition coefficient (Wildman–Crippen LogP) is 0.900. The van der Waals surface area contributed by atoms with E-state index in [9.17, 15) is 0 Å². The van der Waals surface area contributed by atoms with Gasteiger partial charge in [-0.2, -0.15) is 0 Å². The van der Waals surface area contributed by atoms with Crippen molar-refractivity contribution in [3.63, 3.8) is 0 Å². The Kier molecular flexibility index (Phi) is 4.44. The summed E-state index contributed by atoms with van der Waals surface area (Å²) in [7, 11) is 1.74. The molecule has 0 amide bonds. The van der Waals surface area contributed by atoms with Crippen molar-refractivity contribution in [1.29, 1.82) is 0 Å². The molecule has 0 spiro atoms. The molecule has 0 aliphatic heterocycles. The van der Waals surface area contributed by atoms with Gasteiger partial charge in [-0.1, -0.05) is 19.3 Å². The molecular weight excluding hydrogens is 218 g/mol. The summed E-state index contributed by atoms with van der Waals surface area (Å²) < 4.78 is 7.38. The van der Waals surface area contributed by atoms with Crippen molar-refractivity contribution >= 4 is 0 Å². The molecule has 1 fully saturated rings. The molecule has 1 aliphatic carbocycles. The number of ether oxygens (including phenoxy) is 1. The van der Waals surface area contributed by atoms with Crippen LogP contribution in [0.4, 0.5) is 0 Å². The van der Waals surface area contributed by atoms with Gasteiger partial charge in [0, 0.05) is 13.7 Å². The smallest absolute Gasteiger partial charge is 0.180 e. The number of tetrazole rings is 1. The van der Waals surface area contributed by atoms with Crippen LogP contribution in [0.3, 0.4) is 0 Å². The third-order valence-corrected chi connectivity index (χ3v) is 3.49. The highest BCUT2D eigenvalue weighted by Crippen LogP contribution is 2.35. The Morgan fingerprint density at radius 2 is 2.18 bits per heavy atom. The van der Waals surface area contributed by atoms with Crippen molar-refractivity contribution in [3.05, 3.63) is 5.82 Å². The molecule has 1 heterocycles. The molecule has 1 saturated carbocycles. The van der Waals surface area contributed by atoms with Crippen LogP contribution in [-0.4, -0.2) is 33.9 Å². The molecule has 1 aliphatic rings. The number of nitrogens with two attached hydrogens (primary N) is 1. The van der Waals surface area contributed by atoms with Crippen LogP contribution in [0.15, 0.2) is 0 Å². The number of hydrogen-bond acceptors (Lipinski definition) is 5. The minimum atomic E-state index is 0.0110. The Hall–Kier alpha value is -1.01. The molecule has 0 saturated heterocycles. The largest absolute Gasteiger partial charge is 0.373 e. The third-order valence-electron chi connectivity index (χ3n) is 3.49. The van der Waals surface area contributed by atoms with Gasteiger partial charge in [0.05, 0.1) is 6.54 Å². The van der Waals surface area contributed by atoms with Gasteiger partial charge in [-0.3, -0.25) is 0 Å². The van der Waals surface area contributed by atoms with E-state index in [1.54, 1.807) is 11.8 Å².